The first-order chi connectivity index (χ1) is 14.5. The maximum absolute atomic E-state index is 13.4. The second-order valence-electron chi connectivity index (χ2n) is 6.89. The Morgan fingerprint density at radius 3 is 2.27 bits per heavy atom. The highest BCUT2D eigenvalue weighted by Crippen LogP contribution is 2.42. The Balaban J connectivity index is 1.77. The van der Waals surface area contributed by atoms with Gasteiger partial charge in [-0.2, -0.15) is 0 Å². The Hall–Kier alpha value is -2.53. The number of rotatable bonds is 5. The molecular weight excluding hydrogens is 437 g/mol. The van der Waals surface area contributed by atoms with Gasteiger partial charge < -0.3 is 0 Å². The number of hydrogen-bond acceptors (Lipinski definition) is 3. The van der Waals surface area contributed by atoms with E-state index in [1.165, 1.54) is 17.8 Å². The molecule has 4 rings (SSSR count). The first-order valence-corrected chi connectivity index (χ1v) is 11.0. The zero-order valence-corrected chi connectivity index (χ0v) is 18.4. The summed E-state index contributed by atoms with van der Waals surface area (Å²) >= 11 is 13.8. The fourth-order valence-electron chi connectivity index (χ4n) is 3.22. The SMILES string of the molecule is Cc1ccc(C2=C(SCc3ccccc3)C(=O)N(c3cc(Cl)ccc3Cl)C2=O)cc1. The van der Waals surface area contributed by atoms with E-state index in [4.69, 9.17) is 23.2 Å². The summed E-state index contributed by atoms with van der Waals surface area (Å²) in [5.74, 6) is -0.217. The van der Waals surface area contributed by atoms with Crippen LogP contribution in [0.25, 0.3) is 5.57 Å². The van der Waals surface area contributed by atoms with Crippen molar-refractivity contribution in [2.45, 2.75) is 12.7 Å². The molecule has 1 heterocycles. The normalized spacial score (nSPS) is 14.0. The maximum atomic E-state index is 13.4. The fraction of sp³-hybridized carbons (Fsp3) is 0.0833. The van der Waals surface area contributed by atoms with Crippen LogP contribution in [0.4, 0.5) is 5.69 Å². The predicted octanol–water partition coefficient (Wildman–Crippen LogP) is 6.52. The van der Waals surface area contributed by atoms with Crippen LogP contribution in [0.3, 0.4) is 0 Å². The molecule has 0 radical (unpaired) electrons. The van der Waals surface area contributed by atoms with E-state index in [9.17, 15) is 9.59 Å². The van der Waals surface area contributed by atoms with Gasteiger partial charge in [0.15, 0.2) is 0 Å². The number of anilines is 1. The zero-order valence-electron chi connectivity index (χ0n) is 16.1. The van der Waals surface area contributed by atoms with Crippen LogP contribution in [0.5, 0.6) is 0 Å². The third-order valence-corrected chi connectivity index (χ3v) is 6.46. The number of aryl methyl sites for hydroxylation is 1. The molecule has 0 aromatic heterocycles. The number of halogens is 2. The molecule has 3 aromatic carbocycles. The molecule has 2 amide bonds. The van der Waals surface area contributed by atoms with Crippen LogP contribution in [0, 0.1) is 6.92 Å². The average molecular weight is 454 g/mol. The number of nitrogens with zero attached hydrogens (tertiary/aromatic N) is 1. The number of carbonyl (C=O) groups is 2. The van der Waals surface area contributed by atoms with Crippen molar-refractivity contribution in [1.82, 2.24) is 0 Å². The molecule has 1 aliphatic rings. The highest BCUT2D eigenvalue weighted by Gasteiger charge is 2.41. The van der Waals surface area contributed by atoms with Crippen LogP contribution in [0.2, 0.25) is 10.0 Å². The summed E-state index contributed by atoms with van der Waals surface area (Å²) < 4.78 is 0. The van der Waals surface area contributed by atoms with Gasteiger partial charge in [-0.1, -0.05) is 83.4 Å². The quantitative estimate of drug-likeness (QED) is 0.412. The monoisotopic (exact) mass is 453 g/mol. The molecule has 1 aliphatic heterocycles. The first-order valence-electron chi connectivity index (χ1n) is 9.27. The van der Waals surface area contributed by atoms with E-state index in [0.29, 0.717) is 37.5 Å². The summed E-state index contributed by atoms with van der Waals surface area (Å²) in [6, 6.07) is 22.1. The number of hydrogen-bond donors (Lipinski definition) is 0. The van der Waals surface area contributed by atoms with E-state index in [1.807, 2.05) is 61.5 Å². The van der Waals surface area contributed by atoms with Crippen molar-refractivity contribution in [1.29, 1.82) is 0 Å². The topological polar surface area (TPSA) is 37.4 Å². The van der Waals surface area contributed by atoms with Gasteiger partial charge in [0.1, 0.15) is 0 Å². The molecule has 0 saturated heterocycles. The Kier molecular flexibility index (Phi) is 6.00. The Bertz CT molecular complexity index is 1160. The first kappa shape index (κ1) is 20.7. The highest BCUT2D eigenvalue weighted by molar-refractivity contribution is 8.03. The lowest BCUT2D eigenvalue weighted by Crippen LogP contribution is -2.31. The minimum atomic E-state index is -0.399. The Labute approximate surface area is 189 Å². The second-order valence-corrected chi connectivity index (χ2v) is 8.72. The van der Waals surface area contributed by atoms with Gasteiger partial charge in [-0.15, -0.1) is 11.8 Å². The molecule has 0 spiro atoms. The molecule has 6 heteroatoms. The smallest absolute Gasteiger partial charge is 0.268 e. The molecule has 30 heavy (non-hydrogen) atoms. The van der Waals surface area contributed by atoms with Gasteiger partial charge in [0.05, 0.1) is 21.2 Å². The lowest BCUT2D eigenvalue weighted by molar-refractivity contribution is -0.119. The Morgan fingerprint density at radius 2 is 1.57 bits per heavy atom. The molecule has 0 atom stereocenters. The molecule has 0 saturated carbocycles. The summed E-state index contributed by atoms with van der Waals surface area (Å²) in [5.41, 5.74) is 3.52. The van der Waals surface area contributed by atoms with Crippen molar-refractivity contribution in [2.75, 3.05) is 4.90 Å². The minimum Gasteiger partial charge on any atom is -0.268 e. The molecule has 3 nitrogen and oxygen atoms in total. The highest BCUT2D eigenvalue weighted by atomic mass is 35.5. The number of carbonyl (C=O) groups excluding carboxylic acids is 2. The average Bonchev–Trinajstić information content (AvgIpc) is 2.99. The summed E-state index contributed by atoms with van der Waals surface area (Å²) in [6.07, 6.45) is 0. The van der Waals surface area contributed by atoms with E-state index < -0.39 is 5.91 Å². The summed E-state index contributed by atoms with van der Waals surface area (Å²) in [7, 11) is 0. The molecule has 0 bridgehead atoms. The molecule has 0 unspecified atom stereocenters. The van der Waals surface area contributed by atoms with Crippen LogP contribution >= 0.6 is 35.0 Å². The van der Waals surface area contributed by atoms with Crippen molar-refractivity contribution < 1.29 is 9.59 Å². The lowest BCUT2D eigenvalue weighted by atomic mass is 10.0. The molecular formula is C24H17Cl2NO2S. The van der Waals surface area contributed by atoms with Crippen molar-refractivity contribution in [2.24, 2.45) is 0 Å². The van der Waals surface area contributed by atoms with Gasteiger partial charge in [0, 0.05) is 10.8 Å². The summed E-state index contributed by atoms with van der Waals surface area (Å²) in [6.45, 7) is 1.98. The van der Waals surface area contributed by atoms with E-state index in [-0.39, 0.29) is 5.91 Å². The molecule has 150 valence electrons. The summed E-state index contributed by atoms with van der Waals surface area (Å²) in [4.78, 5) is 28.3. The molecule has 0 N–H and O–H groups in total. The van der Waals surface area contributed by atoms with Crippen LogP contribution in [-0.4, -0.2) is 11.8 Å². The third-order valence-electron chi connectivity index (χ3n) is 4.76. The van der Waals surface area contributed by atoms with Crippen molar-refractivity contribution in [3.63, 3.8) is 0 Å². The standard InChI is InChI=1S/C24H17Cl2NO2S/c1-15-7-9-17(10-8-15)21-22(30-14-16-5-3-2-4-6-16)24(29)27(23(21)28)20-13-18(25)11-12-19(20)26/h2-13H,14H2,1H3. The van der Waals surface area contributed by atoms with Gasteiger partial charge in [-0.25, -0.2) is 4.90 Å². The number of imide groups is 1. The minimum absolute atomic E-state index is 0.290. The largest absolute Gasteiger partial charge is 0.272 e. The molecule has 3 aromatic rings. The Morgan fingerprint density at radius 1 is 0.867 bits per heavy atom. The zero-order chi connectivity index (χ0) is 21.3. The van der Waals surface area contributed by atoms with Crippen molar-refractivity contribution in [3.05, 3.63) is 104 Å². The van der Waals surface area contributed by atoms with Crippen LogP contribution in [0.1, 0.15) is 16.7 Å². The third kappa shape index (κ3) is 4.04. The fourth-order valence-corrected chi connectivity index (χ4v) is 4.66. The van der Waals surface area contributed by atoms with Gasteiger partial charge in [0.25, 0.3) is 11.8 Å². The van der Waals surface area contributed by atoms with Gasteiger partial charge in [-0.05, 0) is 36.2 Å². The van der Waals surface area contributed by atoms with Crippen LogP contribution < -0.4 is 4.90 Å². The van der Waals surface area contributed by atoms with Crippen LogP contribution in [0.15, 0.2) is 77.7 Å². The van der Waals surface area contributed by atoms with Gasteiger partial charge >= 0.3 is 0 Å². The molecule has 0 aliphatic carbocycles. The van der Waals surface area contributed by atoms with Gasteiger partial charge in [-0.3, -0.25) is 9.59 Å². The number of thioether (sulfide) groups is 1. The van der Waals surface area contributed by atoms with E-state index in [2.05, 4.69) is 0 Å². The van der Waals surface area contributed by atoms with Crippen molar-refractivity contribution in [3.8, 4) is 0 Å². The van der Waals surface area contributed by atoms with Gasteiger partial charge in [0.2, 0.25) is 0 Å². The second kappa shape index (κ2) is 8.68. The van der Waals surface area contributed by atoms with E-state index in [0.717, 1.165) is 16.0 Å². The van der Waals surface area contributed by atoms with Crippen molar-refractivity contribution >= 4 is 58.0 Å². The maximum Gasteiger partial charge on any atom is 0.272 e. The lowest BCUT2D eigenvalue weighted by Gasteiger charge is -2.17. The predicted molar refractivity (Wildman–Crippen MR) is 125 cm³/mol. The van der Waals surface area contributed by atoms with Crippen LogP contribution in [-0.2, 0) is 15.3 Å². The van der Waals surface area contributed by atoms with E-state index >= 15 is 0 Å². The number of benzene rings is 3. The number of amides is 2. The van der Waals surface area contributed by atoms with E-state index in [1.54, 1.807) is 12.1 Å². The molecule has 0 fully saturated rings. The summed E-state index contributed by atoms with van der Waals surface area (Å²) in [5, 5.41) is 0.691.